The van der Waals surface area contributed by atoms with Crippen LogP contribution in [-0.4, -0.2) is 47.9 Å². The first-order valence-corrected chi connectivity index (χ1v) is 5.89. The van der Waals surface area contributed by atoms with Gasteiger partial charge in [-0.15, -0.1) is 0 Å². The number of rotatable bonds is 7. The first-order chi connectivity index (χ1) is 5.35. The van der Waals surface area contributed by atoms with Gasteiger partial charge in [0.1, 0.15) is 0 Å². The van der Waals surface area contributed by atoms with Gasteiger partial charge in [0.05, 0.1) is 0 Å². The van der Waals surface area contributed by atoms with Crippen molar-refractivity contribution in [1.82, 2.24) is 4.90 Å². The van der Waals surface area contributed by atoms with Crippen LogP contribution in [0.2, 0.25) is 6.04 Å². The molecule has 0 amide bonds. The molecule has 0 saturated heterocycles. The molecule has 3 nitrogen and oxygen atoms in total. The topological polar surface area (TPSA) is 55.3 Å². The van der Waals surface area contributed by atoms with E-state index in [4.69, 9.17) is 11.5 Å². The molecule has 0 saturated carbocycles. The summed E-state index contributed by atoms with van der Waals surface area (Å²) in [7, 11) is 1.31. The highest BCUT2D eigenvalue weighted by Gasteiger charge is 1.99. The number of nitrogens with two attached hydrogens (primary N) is 2. The monoisotopic (exact) mass is 175 g/mol. The van der Waals surface area contributed by atoms with Gasteiger partial charge in [-0.05, 0) is 13.0 Å². The summed E-state index contributed by atoms with van der Waals surface area (Å²) in [5.74, 6) is 0. The molecule has 0 aliphatic carbocycles. The van der Waals surface area contributed by atoms with E-state index in [9.17, 15) is 0 Å². The van der Waals surface area contributed by atoms with Gasteiger partial charge in [-0.25, -0.2) is 0 Å². The maximum atomic E-state index is 5.46. The molecule has 0 bridgehead atoms. The zero-order valence-corrected chi connectivity index (χ0v) is 9.55. The third-order valence-electron chi connectivity index (χ3n) is 1.72. The van der Waals surface area contributed by atoms with Crippen molar-refractivity contribution in [2.45, 2.75) is 12.5 Å². The predicted molar refractivity (Wildman–Crippen MR) is 53.9 cm³/mol. The molecule has 4 heteroatoms. The van der Waals surface area contributed by atoms with Crippen LogP contribution in [0, 0.1) is 0 Å². The van der Waals surface area contributed by atoms with Crippen LogP contribution in [0.5, 0.6) is 0 Å². The molecule has 0 aromatic carbocycles. The van der Waals surface area contributed by atoms with E-state index in [1.54, 1.807) is 0 Å². The summed E-state index contributed by atoms with van der Waals surface area (Å²) < 4.78 is 0. The Labute approximate surface area is 72.5 Å². The Hall–Kier alpha value is 0.0969. The van der Waals surface area contributed by atoms with Gasteiger partial charge in [0.2, 0.25) is 0 Å². The van der Waals surface area contributed by atoms with E-state index in [0.29, 0.717) is 0 Å². The second-order valence-electron chi connectivity index (χ2n) is 2.77. The Bertz CT molecular complexity index is 74.1. The number of hydrogen-bond donors (Lipinski definition) is 2. The van der Waals surface area contributed by atoms with E-state index < -0.39 is 0 Å². The number of nitrogens with zero attached hydrogens (tertiary/aromatic N) is 1. The molecule has 0 heterocycles. The zero-order valence-electron chi connectivity index (χ0n) is 7.55. The number of hydrogen-bond acceptors (Lipinski definition) is 3. The quantitative estimate of drug-likeness (QED) is 0.457. The van der Waals surface area contributed by atoms with Crippen molar-refractivity contribution in [3.05, 3.63) is 0 Å². The molecule has 0 aliphatic heterocycles. The highest BCUT2D eigenvalue weighted by Crippen LogP contribution is 1.91. The van der Waals surface area contributed by atoms with Crippen LogP contribution >= 0.6 is 0 Å². The molecule has 0 unspecified atom stereocenters. The fourth-order valence-corrected chi connectivity index (χ4v) is 1.40. The molecule has 0 spiro atoms. The van der Waals surface area contributed by atoms with Crippen molar-refractivity contribution >= 4 is 10.2 Å². The van der Waals surface area contributed by atoms with Crippen molar-refractivity contribution in [3.8, 4) is 0 Å². The van der Waals surface area contributed by atoms with Gasteiger partial charge in [0.25, 0.3) is 0 Å². The van der Waals surface area contributed by atoms with Crippen LogP contribution in [0.25, 0.3) is 0 Å². The third kappa shape index (κ3) is 6.49. The minimum atomic E-state index is 0.751. The Morgan fingerprint density at radius 2 is 1.55 bits per heavy atom. The lowest BCUT2D eigenvalue weighted by molar-refractivity contribution is 0.289. The lowest BCUT2D eigenvalue weighted by Gasteiger charge is -2.19. The van der Waals surface area contributed by atoms with Gasteiger partial charge >= 0.3 is 0 Å². The molecule has 0 fully saturated rings. The minimum Gasteiger partial charge on any atom is -0.329 e. The van der Waals surface area contributed by atoms with Crippen LogP contribution in [0.3, 0.4) is 0 Å². The molecule has 0 aliphatic rings. The van der Waals surface area contributed by atoms with Crippen LogP contribution in [0.15, 0.2) is 0 Å². The second-order valence-corrected chi connectivity index (χ2v) is 3.77. The van der Waals surface area contributed by atoms with Gasteiger partial charge in [-0.3, -0.25) is 0 Å². The molecule has 0 radical (unpaired) electrons. The van der Waals surface area contributed by atoms with E-state index in [1.165, 1.54) is 29.3 Å². The summed E-state index contributed by atoms with van der Waals surface area (Å²) in [6, 6.07) is 1.38. The average Bonchev–Trinajstić information content (AvgIpc) is 2.01. The molecule has 4 N–H and O–H groups in total. The van der Waals surface area contributed by atoms with Crippen LogP contribution < -0.4 is 11.5 Å². The maximum Gasteiger partial charge on any atom is 0.0105 e. The molecular formula is C7H21N3Si. The normalized spacial score (nSPS) is 11.2. The van der Waals surface area contributed by atoms with E-state index >= 15 is 0 Å². The van der Waals surface area contributed by atoms with Crippen LogP contribution in [-0.2, 0) is 0 Å². The molecule has 0 aromatic rings. The van der Waals surface area contributed by atoms with Crippen molar-refractivity contribution in [2.75, 3.05) is 32.7 Å². The summed E-state index contributed by atoms with van der Waals surface area (Å²) in [6.45, 7) is 4.68. The molecule has 68 valence electrons. The summed E-state index contributed by atoms with van der Waals surface area (Å²) in [6.07, 6.45) is 1.31. The highest BCUT2D eigenvalue weighted by atomic mass is 28.1. The fraction of sp³-hybridized carbons (Fsp3) is 1.00. The lowest BCUT2D eigenvalue weighted by atomic mass is 10.4. The van der Waals surface area contributed by atoms with Crippen molar-refractivity contribution in [2.24, 2.45) is 11.5 Å². The Balaban J connectivity index is 3.34. The SMILES string of the molecule is NCCN(CCN)CCC[SiH3]. The van der Waals surface area contributed by atoms with E-state index in [2.05, 4.69) is 4.90 Å². The zero-order chi connectivity index (χ0) is 8.53. The van der Waals surface area contributed by atoms with Crippen molar-refractivity contribution in [3.63, 3.8) is 0 Å². The third-order valence-corrected chi connectivity index (χ3v) is 2.43. The van der Waals surface area contributed by atoms with E-state index in [-0.39, 0.29) is 0 Å². The predicted octanol–water partition coefficient (Wildman–Crippen LogP) is -1.62. The molecule has 11 heavy (non-hydrogen) atoms. The standard InChI is InChI=1S/C7H21N3Si/c8-2-5-10(6-3-9)4-1-7-11/h1-9H2,11H3. The molecule has 0 aromatic heterocycles. The van der Waals surface area contributed by atoms with Crippen molar-refractivity contribution in [1.29, 1.82) is 0 Å². The van der Waals surface area contributed by atoms with Gasteiger partial charge < -0.3 is 16.4 Å². The van der Waals surface area contributed by atoms with E-state index in [0.717, 1.165) is 26.2 Å². The molecular weight excluding hydrogens is 154 g/mol. The highest BCUT2D eigenvalue weighted by molar-refractivity contribution is 6.08. The largest absolute Gasteiger partial charge is 0.329 e. The fourth-order valence-electron chi connectivity index (χ4n) is 1.08. The lowest BCUT2D eigenvalue weighted by Crippen LogP contribution is -2.34. The second kappa shape index (κ2) is 8.20. The van der Waals surface area contributed by atoms with Gasteiger partial charge in [0, 0.05) is 36.4 Å². The van der Waals surface area contributed by atoms with Gasteiger partial charge in [-0.2, -0.15) is 0 Å². The smallest absolute Gasteiger partial charge is 0.0105 e. The van der Waals surface area contributed by atoms with Crippen LogP contribution in [0.1, 0.15) is 6.42 Å². The van der Waals surface area contributed by atoms with Gasteiger partial charge in [0.15, 0.2) is 0 Å². The molecule has 0 rings (SSSR count). The first kappa shape index (κ1) is 11.1. The Morgan fingerprint density at radius 1 is 1.00 bits per heavy atom. The molecule has 0 atom stereocenters. The summed E-state index contributed by atoms with van der Waals surface area (Å²) in [4.78, 5) is 2.35. The Morgan fingerprint density at radius 3 is 1.91 bits per heavy atom. The van der Waals surface area contributed by atoms with E-state index in [1.807, 2.05) is 0 Å². The maximum absolute atomic E-state index is 5.46. The van der Waals surface area contributed by atoms with Crippen LogP contribution in [0.4, 0.5) is 0 Å². The first-order valence-electron chi connectivity index (χ1n) is 4.47. The Kier molecular flexibility index (Phi) is 8.27. The van der Waals surface area contributed by atoms with Gasteiger partial charge in [-0.1, -0.05) is 6.04 Å². The minimum absolute atomic E-state index is 0.751. The summed E-state index contributed by atoms with van der Waals surface area (Å²) >= 11 is 0. The summed E-state index contributed by atoms with van der Waals surface area (Å²) in [5.41, 5.74) is 10.9. The van der Waals surface area contributed by atoms with Crippen molar-refractivity contribution < 1.29 is 0 Å². The average molecular weight is 175 g/mol. The summed E-state index contributed by atoms with van der Waals surface area (Å²) in [5, 5.41) is 0.